The van der Waals surface area contributed by atoms with E-state index < -0.39 is 10.0 Å². The highest BCUT2D eigenvalue weighted by Crippen LogP contribution is 2.18. The first kappa shape index (κ1) is 16.7. The Morgan fingerprint density at radius 1 is 1.38 bits per heavy atom. The van der Waals surface area contributed by atoms with Gasteiger partial charge in [-0.3, -0.25) is 0 Å². The smallest absolute Gasteiger partial charge is 0.261 e. The van der Waals surface area contributed by atoms with E-state index in [4.69, 9.17) is 11.6 Å². The Balaban J connectivity index is 1.87. The molecule has 1 aromatic rings. The van der Waals surface area contributed by atoms with Crippen LogP contribution < -0.4 is 4.72 Å². The van der Waals surface area contributed by atoms with Crippen LogP contribution in [0.25, 0.3) is 0 Å². The van der Waals surface area contributed by atoms with Gasteiger partial charge in [0.1, 0.15) is 5.15 Å². The maximum atomic E-state index is 12.2. The summed E-state index contributed by atoms with van der Waals surface area (Å²) in [6.45, 7) is 5.59. The monoisotopic (exact) mass is 334 g/mol. The van der Waals surface area contributed by atoms with E-state index >= 15 is 0 Å². The van der Waals surface area contributed by atoms with Crippen LogP contribution in [0.3, 0.4) is 0 Å². The summed E-state index contributed by atoms with van der Waals surface area (Å²) in [6, 6.07) is 0. The fraction of sp³-hybridized carbons (Fsp3) is 0.769. The van der Waals surface area contributed by atoms with Crippen molar-refractivity contribution in [3.63, 3.8) is 0 Å². The lowest BCUT2D eigenvalue weighted by Crippen LogP contribution is -2.38. The van der Waals surface area contributed by atoms with Gasteiger partial charge in [0.05, 0.1) is 6.33 Å². The molecule has 0 spiro atoms. The minimum atomic E-state index is -3.64. The molecule has 0 amide bonds. The van der Waals surface area contributed by atoms with Gasteiger partial charge in [0.2, 0.25) is 5.03 Å². The summed E-state index contributed by atoms with van der Waals surface area (Å²) < 4.78 is 28.4. The first-order chi connectivity index (χ1) is 9.90. The van der Waals surface area contributed by atoms with Crippen molar-refractivity contribution in [2.75, 3.05) is 26.2 Å². The van der Waals surface area contributed by atoms with Crippen LogP contribution in [0.2, 0.25) is 5.15 Å². The van der Waals surface area contributed by atoms with Crippen molar-refractivity contribution in [3.8, 4) is 0 Å². The Morgan fingerprint density at radius 2 is 2.05 bits per heavy atom. The largest absolute Gasteiger partial charge is 0.324 e. The van der Waals surface area contributed by atoms with Crippen LogP contribution in [0.5, 0.6) is 0 Å². The molecule has 6 nitrogen and oxygen atoms in total. The van der Waals surface area contributed by atoms with E-state index in [-0.39, 0.29) is 16.1 Å². The van der Waals surface area contributed by atoms with E-state index in [1.165, 1.54) is 30.2 Å². The fourth-order valence-corrected chi connectivity index (χ4v) is 4.13. The zero-order valence-corrected chi connectivity index (χ0v) is 14.1. The zero-order chi connectivity index (χ0) is 15.5. The van der Waals surface area contributed by atoms with Crippen molar-refractivity contribution in [1.82, 2.24) is 19.2 Å². The van der Waals surface area contributed by atoms with E-state index in [1.807, 2.05) is 0 Å². The van der Waals surface area contributed by atoms with E-state index in [0.717, 1.165) is 19.6 Å². The predicted molar refractivity (Wildman–Crippen MR) is 82.9 cm³/mol. The van der Waals surface area contributed by atoms with Gasteiger partial charge in [0.25, 0.3) is 10.0 Å². The van der Waals surface area contributed by atoms with Crippen LogP contribution in [0.4, 0.5) is 0 Å². The van der Waals surface area contributed by atoms with Crippen LogP contribution in [0, 0.1) is 5.92 Å². The number of nitrogens with zero attached hydrogens (tertiary/aromatic N) is 3. The number of sulfonamides is 1. The number of nitrogens with one attached hydrogen (secondary N) is 1. The van der Waals surface area contributed by atoms with Gasteiger partial charge in [0.15, 0.2) is 0 Å². The SMILES string of the molecule is CC(CNS(=O)(=O)c1ncn(C)c1Cl)CN1CCCCC1. The fourth-order valence-electron chi connectivity index (χ4n) is 2.54. The highest BCUT2D eigenvalue weighted by molar-refractivity contribution is 7.89. The lowest BCUT2D eigenvalue weighted by Gasteiger charge is -2.29. The molecule has 2 heterocycles. The molecular weight excluding hydrogens is 312 g/mol. The van der Waals surface area contributed by atoms with Crippen LogP contribution in [0.1, 0.15) is 26.2 Å². The lowest BCUT2D eigenvalue weighted by molar-refractivity contribution is 0.201. The molecule has 0 aromatic carbocycles. The van der Waals surface area contributed by atoms with Crippen LogP contribution in [-0.4, -0.2) is 49.0 Å². The second-order valence-electron chi connectivity index (χ2n) is 5.77. The first-order valence-corrected chi connectivity index (χ1v) is 9.15. The van der Waals surface area contributed by atoms with Crippen molar-refractivity contribution in [1.29, 1.82) is 0 Å². The summed E-state index contributed by atoms with van der Waals surface area (Å²) >= 11 is 5.94. The third-order valence-electron chi connectivity index (χ3n) is 3.73. The highest BCUT2D eigenvalue weighted by atomic mass is 35.5. The minimum Gasteiger partial charge on any atom is -0.324 e. The molecule has 120 valence electrons. The van der Waals surface area contributed by atoms with Crippen LogP contribution in [-0.2, 0) is 17.1 Å². The van der Waals surface area contributed by atoms with Gasteiger partial charge in [-0.2, -0.15) is 0 Å². The summed E-state index contributed by atoms with van der Waals surface area (Å²) in [6.07, 6.45) is 5.17. The topological polar surface area (TPSA) is 67.2 Å². The van der Waals surface area contributed by atoms with Gasteiger partial charge in [-0.05, 0) is 31.8 Å². The van der Waals surface area contributed by atoms with Crippen molar-refractivity contribution < 1.29 is 8.42 Å². The third-order valence-corrected chi connectivity index (χ3v) is 5.64. The summed E-state index contributed by atoms with van der Waals surface area (Å²) in [7, 11) is -1.98. The van der Waals surface area contributed by atoms with Gasteiger partial charge < -0.3 is 9.47 Å². The van der Waals surface area contributed by atoms with E-state index in [1.54, 1.807) is 7.05 Å². The van der Waals surface area contributed by atoms with Gasteiger partial charge in [-0.1, -0.05) is 24.9 Å². The minimum absolute atomic E-state index is 0.100. The van der Waals surface area contributed by atoms with E-state index in [2.05, 4.69) is 21.5 Å². The molecule has 21 heavy (non-hydrogen) atoms. The molecule has 1 N–H and O–H groups in total. The quantitative estimate of drug-likeness (QED) is 0.855. The average molecular weight is 335 g/mol. The van der Waals surface area contributed by atoms with E-state index in [9.17, 15) is 8.42 Å². The molecule has 0 saturated carbocycles. The normalized spacial score (nSPS) is 18.8. The number of rotatable bonds is 6. The summed E-state index contributed by atoms with van der Waals surface area (Å²) in [5.41, 5.74) is 0. The number of halogens is 1. The van der Waals surface area contributed by atoms with Crippen LogP contribution in [0.15, 0.2) is 11.4 Å². The zero-order valence-electron chi connectivity index (χ0n) is 12.5. The average Bonchev–Trinajstić information content (AvgIpc) is 2.79. The lowest BCUT2D eigenvalue weighted by atomic mass is 10.1. The Labute approximate surface area is 131 Å². The second-order valence-corrected chi connectivity index (χ2v) is 7.81. The van der Waals surface area contributed by atoms with Crippen molar-refractivity contribution >= 4 is 21.6 Å². The number of hydrogen-bond donors (Lipinski definition) is 1. The van der Waals surface area contributed by atoms with Crippen LogP contribution >= 0.6 is 11.6 Å². The third kappa shape index (κ3) is 4.42. The molecule has 2 rings (SSSR count). The molecule has 0 radical (unpaired) electrons. The standard InChI is InChI=1S/C13H23ClN4O2S/c1-11(9-18-6-4-3-5-7-18)8-16-21(19,20)13-12(14)17(2)10-15-13/h10-11,16H,3-9H2,1-2H3. The molecule has 1 atom stereocenters. The molecule has 1 aromatic heterocycles. The maximum absolute atomic E-state index is 12.2. The molecule has 1 aliphatic heterocycles. The number of aromatic nitrogens is 2. The summed E-state index contributed by atoms with van der Waals surface area (Å²) in [5.74, 6) is 0.250. The molecule has 8 heteroatoms. The predicted octanol–water partition coefficient (Wildman–Crippen LogP) is 1.47. The molecule has 1 unspecified atom stereocenters. The summed E-state index contributed by atoms with van der Waals surface area (Å²) in [5, 5.41) is 0.0306. The van der Waals surface area contributed by atoms with Gasteiger partial charge in [-0.15, -0.1) is 0 Å². The van der Waals surface area contributed by atoms with Gasteiger partial charge in [0, 0.05) is 20.1 Å². The Morgan fingerprint density at radius 3 is 2.62 bits per heavy atom. The molecule has 0 aliphatic carbocycles. The number of piperidine rings is 1. The molecule has 1 aliphatic rings. The molecule has 0 bridgehead atoms. The molecular formula is C13H23ClN4O2S. The van der Waals surface area contributed by atoms with Gasteiger partial charge >= 0.3 is 0 Å². The van der Waals surface area contributed by atoms with Crippen molar-refractivity contribution in [2.45, 2.75) is 31.2 Å². The second kappa shape index (κ2) is 7.09. The first-order valence-electron chi connectivity index (χ1n) is 7.29. The Bertz CT molecular complexity index is 567. The number of aryl methyl sites for hydroxylation is 1. The number of likely N-dealkylation sites (tertiary alicyclic amines) is 1. The summed E-state index contributed by atoms with van der Waals surface area (Å²) in [4.78, 5) is 6.25. The Hall–Kier alpha value is -0.630. The molecule has 1 saturated heterocycles. The van der Waals surface area contributed by atoms with E-state index in [0.29, 0.717) is 6.54 Å². The number of imidazole rings is 1. The Kier molecular flexibility index (Phi) is 5.65. The molecule has 1 fully saturated rings. The highest BCUT2D eigenvalue weighted by Gasteiger charge is 2.23. The number of hydrogen-bond acceptors (Lipinski definition) is 4. The van der Waals surface area contributed by atoms with Crippen molar-refractivity contribution in [3.05, 3.63) is 11.5 Å². The van der Waals surface area contributed by atoms with Crippen molar-refractivity contribution in [2.24, 2.45) is 13.0 Å². The maximum Gasteiger partial charge on any atom is 0.261 e. The van der Waals surface area contributed by atoms with Gasteiger partial charge in [-0.25, -0.2) is 18.1 Å².